The van der Waals surface area contributed by atoms with Crippen molar-refractivity contribution in [3.05, 3.63) is 68.2 Å². The van der Waals surface area contributed by atoms with Gasteiger partial charge in [0.05, 0.1) is 0 Å². The zero-order valence-electron chi connectivity index (χ0n) is 11.7. The summed E-state index contributed by atoms with van der Waals surface area (Å²) in [6, 6.07) is 9.79. The fraction of sp³-hybridized carbons (Fsp3) is 0.235. The van der Waals surface area contributed by atoms with E-state index in [1.54, 1.807) is 0 Å². The van der Waals surface area contributed by atoms with Crippen LogP contribution in [0.3, 0.4) is 0 Å². The zero-order valence-corrected chi connectivity index (χ0v) is 13.3. The van der Waals surface area contributed by atoms with Crippen LogP contribution in [0.25, 0.3) is 0 Å². The Morgan fingerprint density at radius 1 is 0.947 bits per heavy atom. The van der Waals surface area contributed by atoms with E-state index in [9.17, 15) is 4.79 Å². The van der Waals surface area contributed by atoms with Gasteiger partial charge >= 0.3 is 0 Å². The van der Waals surface area contributed by atoms with Crippen molar-refractivity contribution < 1.29 is 4.79 Å². The van der Waals surface area contributed by atoms with Crippen molar-refractivity contribution >= 4 is 21.7 Å². The average Bonchev–Trinajstić information content (AvgIpc) is 2.36. The summed E-state index contributed by atoms with van der Waals surface area (Å²) < 4.78 is 1.02. The molecule has 0 radical (unpaired) electrons. The molecule has 0 aliphatic rings. The number of hydrogen-bond acceptors (Lipinski definition) is 1. The van der Waals surface area contributed by atoms with E-state index >= 15 is 0 Å². The second-order valence-corrected chi connectivity index (χ2v) is 5.76. The molecule has 2 aromatic carbocycles. The van der Waals surface area contributed by atoms with Crippen LogP contribution in [0.5, 0.6) is 0 Å². The minimum absolute atomic E-state index is 0.105. The second kappa shape index (κ2) is 5.30. The standard InChI is InChI=1S/C17H17BrO/c1-10-7-5-6-8-14(10)17(19)15-11(2)9-12(3)16(18)13(15)4/h5-9H,1-4H3. The van der Waals surface area contributed by atoms with Crippen LogP contribution in [-0.4, -0.2) is 5.78 Å². The molecule has 2 rings (SSSR count). The van der Waals surface area contributed by atoms with Crippen LogP contribution < -0.4 is 0 Å². The lowest BCUT2D eigenvalue weighted by atomic mass is 9.91. The van der Waals surface area contributed by atoms with Gasteiger partial charge in [0.1, 0.15) is 0 Å². The summed E-state index contributed by atoms with van der Waals surface area (Å²) in [5, 5.41) is 0. The van der Waals surface area contributed by atoms with Gasteiger partial charge in [-0.1, -0.05) is 46.3 Å². The summed E-state index contributed by atoms with van der Waals surface area (Å²) in [7, 11) is 0. The van der Waals surface area contributed by atoms with Crippen LogP contribution >= 0.6 is 15.9 Å². The molecule has 0 fully saturated rings. The van der Waals surface area contributed by atoms with Crippen LogP contribution in [-0.2, 0) is 0 Å². The van der Waals surface area contributed by atoms with Crippen molar-refractivity contribution in [3.63, 3.8) is 0 Å². The first kappa shape index (κ1) is 14.0. The summed E-state index contributed by atoms with van der Waals surface area (Å²) >= 11 is 3.57. The first-order valence-corrected chi connectivity index (χ1v) is 7.09. The molecular weight excluding hydrogens is 300 g/mol. The Morgan fingerprint density at radius 3 is 2.21 bits per heavy atom. The van der Waals surface area contributed by atoms with E-state index in [1.165, 1.54) is 0 Å². The number of ketones is 1. The van der Waals surface area contributed by atoms with Gasteiger partial charge in [0, 0.05) is 15.6 Å². The lowest BCUT2D eigenvalue weighted by Gasteiger charge is -2.14. The van der Waals surface area contributed by atoms with Gasteiger partial charge in [-0.15, -0.1) is 0 Å². The molecule has 0 atom stereocenters. The Balaban J connectivity index is 2.64. The Bertz CT molecular complexity index is 657. The van der Waals surface area contributed by atoms with Crippen LogP contribution in [0.2, 0.25) is 0 Å². The highest BCUT2D eigenvalue weighted by molar-refractivity contribution is 9.10. The van der Waals surface area contributed by atoms with Crippen molar-refractivity contribution in [1.82, 2.24) is 0 Å². The molecule has 0 unspecified atom stereocenters. The topological polar surface area (TPSA) is 17.1 Å². The van der Waals surface area contributed by atoms with E-state index in [2.05, 4.69) is 22.0 Å². The molecule has 0 aliphatic carbocycles. The fourth-order valence-electron chi connectivity index (χ4n) is 2.47. The van der Waals surface area contributed by atoms with Gasteiger partial charge in [0.15, 0.2) is 5.78 Å². The molecule has 0 spiro atoms. The first-order chi connectivity index (χ1) is 8.93. The van der Waals surface area contributed by atoms with Gasteiger partial charge in [0.2, 0.25) is 0 Å². The number of aryl methyl sites for hydroxylation is 3. The minimum Gasteiger partial charge on any atom is -0.289 e. The third-order valence-electron chi connectivity index (χ3n) is 3.49. The average molecular weight is 317 g/mol. The number of benzene rings is 2. The van der Waals surface area contributed by atoms with Gasteiger partial charge in [-0.25, -0.2) is 0 Å². The molecule has 98 valence electrons. The van der Waals surface area contributed by atoms with Gasteiger partial charge in [0.25, 0.3) is 0 Å². The van der Waals surface area contributed by atoms with Gasteiger partial charge in [-0.2, -0.15) is 0 Å². The highest BCUT2D eigenvalue weighted by atomic mass is 79.9. The third-order valence-corrected chi connectivity index (χ3v) is 4.71. The summed E-state index contributed by atoms with van der Waals surface area (Å²) in [5.74, 6) is 0.105. The maximum Gasteiger partial charge on any atom is 0.193 e. The quantitative estimate of drug-likeness (QED) is 0.719. The monoisotopic (exact) mass is 316 g/mol. The highest BCUT2D eigenvalue weighted by Gasteiger charge is 2.18. The van der Waals surface area contributed by atoms with Crippen LogP contribution in [0.1, 0.15) is 38.2 Å². The molecule has 2 aromatic rings. The molecule has 0 bridgehead atoms. The Kier molecular flexibility index (Phi) is 3.91. The van der Waals surface area contributed by atoms with E-state index in [4.69, 9.17) is 0 Å². The van der Waals surface area contributed by atoms with E-state index in [-0.39, 0.29) is 5.78 Å². The Labute approximate surface area is 122 Å². The van der Waals surface area contributed by atoms with E-state index < -0.39 is 0 Å². The van der Waals surface area contributed by atoms with Crippen molar-refractivity contribution in [2.45, 2.75) is 27.7 Å². The number of halogens is 1. The smallest absolute Gasteiger partial charge is 0.193 e. The lowest BCUT2D eigenvalue weighted by molar-refractivity contribution is 0.103. The second-order valence-electron chi connectivity index (χ2n) is 4.97. The van der Waals surface area contributed by atoms with Crippen molar-refractivity contribution in [2.75, 3.05) is 0 Å². The summed E-state index contributed by atoms with van der Waals surface area (Å²) in [6.07, 6.45) is 0. The molecular formula is C17H17BrO. The van der Waals surface area contributed by atoms with Crippen molar-refractivity contribution in [2.24, 2.45) is 0 Å². The summed E-state index contributed by atoms with van der Waals surface area (Å²) in [4.78, 5) is 12.8. The maximum absolute atomic E-state index is 12.8. The predicted molar refractivity (Wildman–Crippen MR) is 83.0 cm³/mol. The SMILES string of the molecule is Cc1ccccc1C(=O)c1c(C)cc(C)c(Br)c1C. The predicted octanol–water partition coefficient (Wildman–Crippen LogP) is 4.91. The number of carbonyl (C=O) groups is 1. The van der Waals surface area contributed by atoms with Gasteiger partial charge in [-0.3, -0.25) is 4.79 Å². The normalized spacial score (nSPS) is 10.6. The van der Waals surface area contributed by atoms with Crippen LogP contribution in [0.15, 0.2) is 34.8 Å². The van der Waals surface area contributed by atoms with Gasteiger partial charge < -0.3 is 0 Å². The maximum atomic E-state index is 12.8. The molecule has 0 saturated carbocycles. The highest BCUT2D eigenvalue weighted by Crippen LogP contribution is 2.29. The lowest BCUT2D eigenvalue weighted by Crippen LogP contribution is -2.09. The molecule has 0 saturated heterocycles. The largest absolute Gasteiger partial charge is 0.289 e. The molecule has 0 aliphatic heterocycles. The van der Waals surface area contributed by atoms with E-state index in [0.717, 1.165) is 37.9 Å². The number of hydrogen-bond donors (Lipinski definition) is 0. The Hall–Kier alpha value is -1.41. The molecule has 0 amide bonds. The molecule has 0 heterocycles. The molecule has 0 aromatic heterocycles. The molecule has 0 N–H and O–H groups in total. The zero-order chi connectivity index (χ0) is 14.2. The van der Waals surface area contributed by atoms with Crippen molar-refractivity contribution in [3.8, 4) is 0 Å². The van der Waals surface area contributed by atoms with E-state index in [1.807, 2.05) is 52.0 Å². The third kappa shape index (κ3) is 2.50. The number of rotatable bonds is 2. The minimum atomic E-state index is 0.105. The summed E-state index contributed by atoms with van der Waals surface area (Å²) in [6.45, 7) is 8.01. The Morgan fingerprint density at radius 2 is 1.58 bits per heavy atom. The summed E-state index contributed by atoms with van der Waals surface area (Å²) in [5.41, 5.74) is 5.83. The van der Waals surface area contributed by atoms with Crippen molar-refractivity contribution in [1.29, 1.82) is 0 Å². The van der Waals surface area contributed by atoms with Gasteiger partial charge in [-0.05, 0) is 49.9 Å². The fourth-order valence-corrected chi connectivity index (χ4v) is 2.79. The van der Waals surface area contributed by atoms with Crippen LogP contribution in [0, 0.1) is 27.7 Å². The molecule has 1 nitrogen and oxygen atoms in total. The first-order valence-electron chi connectivity index (χ1n) is 6.30. The van der Waals surface area contributed by atoms with Crippen LogP contribution in [0.4, 0.5) is 0 Å². The molecule has 2 heteroatoms. The van der Waals surface area contributed by atoms with E-state index in [0.29, 0.717) is 0 Å². The molecule has 19 heavy (non-hydrogen) atoms. The number of carbonyl (C=O) groups excluding carboxylic acids is 1.